The first-order chi connectivity index (χ1) is 17.4. The molecule has 1 atom stereocenters. The first-order valence-corrected chi connectivity index (χ1v) is 14.7. The van der Waals surface area contributed by atoms with E-state index in [0.29, 0.717) is 46.6 Å². The lowest BCUT2D eigenvalue weighted by Gasteiger charge is -2.33. The molecule has 0 heterocycles. The summed E-state index contributed by atoms with van der Waals surface area (Å²) in [5.74, 6) is -0.0327. The van der Waals surface area contributed by atoms with Gasteiger partial charge in [0.15, 0.2) is 0 Å². The van der Waals surface area contributed by atoms with E-state index < -0.39 is 28.5 Å². The maximum Gasteiger partial charge on any atom is 0.244 e. The molecular weight excluding hydrogens is 537 g/mol. The van der Waals surface area contributed by atoms with Crippen LogP contribution in [0.5, 0.6) is 5.75 Å². The third kappa shape index (κ3) is 9.09. The predicted octanol–water partition coefficient (Wildman–Crippen LogP) is 4.74. The number of sulfonamides is 1. The highest BCUT2D eigenvalue weighted by Gasteiger charge is 2.31. The Balaban J connectivity index is 2.42. The van der Waals surface area contributed by atoms with Crippen LogP contribution in [0.4, 0.5) is 5.69 Å². The number of hydrogen-bond donors (Lipinski definition) is 1. The van der Waals surface area contributed by atoms with Gasteiger partial charge in [-0.25, -0.2) is 8.42 Å². The normalized spacial score (nSPS) is 12.2. The molecule has 2 rings (SSSR count). The van der Waals surface area contributed by atoms with Gasteiger partial charge < -0.3 is 15.0 Å². The molecule has 0 aromatic heterocycles. The molecule has 0 aliphatic rings. The van der Waals surface area contributed by atoms with Gasteiger partial charge >= 0.3 is 0 Å². The molecule has 0 fully saturated rings. The molecule has 8 nitrogen and oxygen atoms in total. The van der Waals surface area contributed by atoms with Crippen molar-refractivity contribution in [1.82, 2.24) is 10.2 Å². The molecule has 0 bridgehead atoms. The molecule has 11 heteroatoms. The zero-order valence-electron chi connectivity index (χ0n) is 21.8. The number of hydrogen-bond acceptors (Lipinski definition) is 5. The van der Waals surface area contributed by atoms with Gasteiger partial charge in [0.2, 0.25) is 21.8 Å². The van der Waals surface area contributed by atoms with Crippen LogP contribution in [0.15, 0.2) is 42.5 Å². The number of rotatable bonds is 13. The third-order valence-electron chi connectivity index (χ3n) is 5.52. The monoisotopic (exact) mass is 571 g/mol. The molecule has 37 heavy (non-hydrogen) atoms. The van der Waals surface area contributed by atoms with Crippen LogP contribution in [0.1, 0.15) is 39.7 Å². The summed E-state index contributed by atoms with van der Waals surface area (Å²) in [5, 5.41) is 3.56. The molecule has 0 saturated heterocycles. The second kappa shape index (κ2) is 13.9. The smallest absolute Gasteiger partial charge is 0.244 e. The lowest BCUT2D eigenvalue weighted by molar-refractivity contribution is -0.140. The van der Waals surface area contributed by atoms with Crippen molar-refractivity contribution in [1.29, 1.82) is 0 Å². The first-order valence-electron chi connectivity index (χ1n) is 12.1. The van der Waals surface area contributed by atoms with E-state index in [9.17, 15) is 18.0 Å². The van der Waals surface area contributed by atoms with Crippen molar-refractivity contribution in [3.05, 3.63) is 58.1 Å². The number of halogens is 2. The Bertz CT molecular complexity index is 1170. The van der Waals surface area contributed by atoms with Gasteiger partial charge in [-0.2, -0.15) is 0 Å². The minimum atomic E-state index is -3.83. The molecule has 0 saturated carbocycles. The van der Waals surface area contributed by atoms with E-state index in [-0.39, 0.29) is 18.4 Å². The molecular formula is C26H35Cl2N3O5S. The SMILES string of the molecule is CCOc1ccc(N(CC(=O)N(Cc2ccc(Cl)c(Cl)c2)[C@H](CC)C(=O)NCC(C)C)S(C)(=O)=O)cc1. The minimum absolute atomic E-state index is 0.0458. The Labute approximate surface area is 229 Å². The highest BCUT2D eigenvalue weighted by atomic mass is 35.5. The Morgan fingerprint density at radius 3 is 2.19 bits per heavy atom. The number of carbonyl (C=O) groups is 2. The van der Waals surface area contributed by atoms with Gasteiger partial charge in [-0.15, -0.1) is 0 Å². The van der Waals surface area contributed by atoms with Gasteiger partial charge in [0.25, 0.3) is 0 Å². The largest absolute Gasteiger partial charge is 0.494 e. The van der Waals surface area contributed by atoms with Crippen molar-refractivity contribution in [2.75, 3.05) is 30.3 Å². The lowest BCUT2D eigenvalue weighted by atomic mass is 10.1. The molecule has 2 aromatic carbocycles. The Kier molecular flexibility index (Phi) is 11.5. The van der Waals surface area contributed by atoms with Gasteiger partial charge in [-0.05, 0) is 61.2 Å². The predicted molar refractivity (Wildman–Crippen MR) is 149 cm³/mol. The zero-order valence-corrected chi connectivity index (χ0v) is 24.2. The summed E-state index contributed by atoms with van der Waals surface area (Å²) in [4.78, 5) is 28.2. The summed E-state index contributed by atoms with van der Waals surface area (Å²) in [6.07, 6.45) is 1.37. The molecule has 0 radical (unpaired) electrons. The minimum Gasteiger partial charge on any atom is -0.494 e. The average Bonchev–Trinajstić information content (AvgIpc) is 2.83. The molecule has 1 N–H and O–H groups in total. The summed E-state index contributed by atoms with van der Waals surface area (Å²) < 4.78 is 31.9. The first kappa shape index (κ1) is 30.7. The number of nitrogens with one attached hydrogen (secondary N) is 1. The van der Waals surface area contributed by atoms with Crippen molar-refractivity contribution in [3.63, 3.8) is 0 Å². The number of ether oxygens (including phenoxy) is 1. The molecule has 0 aliphatic heterocycles. The van der Waals surface area contributed by atoms with Crippen LogP contribution in [0.25, 0.3) is 0 Å². The van der Waals surface area contributed by atoms with Gasteiger partial charge in [0, 0.05) is 13.1 Å². The van der Waals surface area contributed by atoms with Gasteiger partial charge in [-0.3, -0.25) is 13.9 Å². The Hall–Kier alpha value is -2.49. The molecule has 0 aliphatic carbocycles. The van der Waals surface area contributed by atoms with Gasteiger partial charge in [0.05, 0.1) is 28.6 Å². The fourth-order valence-corrected chi connectivity index (χ4v) is 4.84. The lowest BCUT2D eigenvalue weighted by Crippen LogP contribution is -2.52. The maximum atomic E-state index is 13.7. The van der Waals surface area contributed by atoms with Crippen LogP contribution in [0.3, 0.4) is 0 Å². The van der Waals surface area contributed by atoms with Gasteiger partial charge in [-0.1, -0.05) is 50.0 Å². The van der Waals surface area contributed by atoms with E-state index in [1.165, 1.54) is 4.90 Å². The summed E-state index contributed by atoms with van der Waals surface area (Å²) in [5.41, 5.74) is 0.968. The molecule has 0 spiro atoms. The fraction of sp³-hybridized carbons (Fsp3) is 0.462. The van der Waals surface area contributed by atoms with Crippen LogP contribution < -0.4 is 14.4 Å². The maximum absolute atomic E-state index is 13.7. The Morgan fingerprint density at radius 2 is 1.68 bits per heavy atom. The summed E-state index contributed by atoms with van der Waals surface area (Å²) in [6, 6.07) is 10.6. The van der Waals surface area contributed by atoms with E-state index >= 15 is 0 Å². The number of benzene rings is 2. The molecule has 0 unspecified atom stereocenters. The van der Waals surface area contributed by atoms with E-state index in [4.69, 9.17) is 27.9 Å². The van der Waals surface area contributed by atoms with Gasteiger partial charge in [0.1, 0.15) is 18.3 Å². The Morgan fingerprint density at radius 1 is 1.03 bits per heavy atom. The van der Waals surface area contributed by atoms with E-state index in [1.807, 2.05) is 20.8 Å². The quantitative estimate of drug-likeness (QED) is 0.374. The number of nitrogens with zero attached hydrogens (tertiary/aromatic N) is 2. The standard InChI is InChI=1S/C26H35Cl2N3O5S/c1-6-24(26(33)29-15-18(3)4)30(16-19-8-13-22(27)23(28)14-19)25(32)17-31(37(5,34)35)20-9-11-21(12-10-20)36-7-2/h8-14,18,24H,6-7,15-17H2,1-5H3,(H,29,33)/t24-/m1/s1. The van der Waals surface area contributed by atoms with Crippen LogP contribution in [-0.2, 0) is 26.2 Å². The number of anilines is 1. The zero-order chi connectivity index (χ0) is 27.8. The van der Waals surface area contributed by atoms with E-state index in [1.54, 1.807) is 49.4 Å². The van der Waals surface area contributed by atoms with E-state index in [2.05, 4.69) is 5.32 Å². The van der Waals surface area contributed by atoms with Crippen molar-refractivity contribution >= 4 is 50.7 Å². The second-order valence-electron chi connectivity index (χ2n) is 9.03. The number of amides is 2. The van der Waals surface area contributed by atoms with Crippen molar-refractivity contribution in [2.24, 2.45) is 5.92 Å². The summed E-state index contributed by atoms with van der Waals surface area (Å²) >= 11 is 12.2. The summed E-state index contributed by atoms with van der Waals surface area (Å²) in [6.45, 7) is 8.07. The van der Waals surface area contributed by atoms with Crippen molar-refractivity contribution in [2.45, 2.75) is 46.7 Å². The van der Waals surface area contributed by atoms with Crippen LogP contribution >= 0.6 is 23.2 Å². The fourth-order valence-electron chi connectivity index (χ4n) is 3.67. The molecule has 2 aromatic rings. The molecule has 2 amide bonds. The second-order valence-corrected chi connectivity index (χ2v) is 11.8. The van der Waals surface area contributed by atoms with Crippen LogP contribution in [-0.4, -0.2) is 57.1 Å². The topological polar surface area (TPSA) is 96.0 Å². The average molecular weight is 573 g/mol. The van der Waals surface area contributed by atoms with Crippen molar-refractivity contribution < 1.29 is 22.7 Å². The number of carbonyl (C=O) groups excluding carboxylic acids is 2. The van der Waals surface area contributed by atoms with Crippen LogP contribution in [0, 0.1) is 5.92 Å². The highest BCUT2D eigenvalue weighted by molar-refractivity contribution is 7.92. The summed E-state index contributed by atoms with van der Waals surface area (Å²) in [7, 11) is -3.83. The van der Waals surface area contributed by atoms with E-state index in [0.717, 1.165) is 10.6 Å². The van der Waals surface area contributed by atoms with Crippen molar-refractivity contribution in [3.8, 4) is 5.75 Å². The van der Waals surface area contributed by atoms with Crippen LogP contribution in [0.2, 0.25) is 10.0 Å². The highest BCUT2D eigenvalue weighted by Crippen LogP contribution is 2.25. The molecule has 204 valence electrons. The third-order valence-corrected chi connectivity index (χ3v) is 7.40.